The molecular formula is C16H15N3O3. The van der Waals surface area contributed by atoms with Crippen LogP contribution in [0.3, 0.4) is 0 Å². The van der Waals surface area contributed by atoms with Gasteiger partial charge in [-0.2, -0.15) is 0 Å². The summed E-state index contributed by atoms with van der Waals surface area (Å²) >= 11 is 0. The fraction of sp³-hybridized carbons (Fsp3) is 0.188. The van der Waals surface area contributed by atoms with Gasteiger partial charge in [-0.05, 0) is 29.8 Å². The van der Waals surface area contributed by atoms with Gasteiger partial charge in [0, 0.05) is 26.0 Å². The van der Waals surface area contributed by atoms with Crippen molar-refractivity contribution in [3.8, 4) is 5.75 Å². The number of aromatic nitrogens is 1. The Bertz CT molecular complexity index is 716. The van der Waals surface area contributed by atoms with Crippen LogP contribution in [-0.4, -0.2) is 30.5 Å². The highest BCUT2D eigenvalue weighted by Gasteiger charge is 2.26. The molecule has 0 bridgehead atoms. The maximum Gasteiger partial charge on any atom is 0.264 e. The van der Waals surface area contributed by atoms with Crippen LogP contribution in [-0.2, 0) is 11.3 Å². The van der Waals surface area contributed by atoms with Gasteiger partial charge in [0.15, 0.2) is 12.4 Å². The summed E-state index contributed by atoms with van der Waals surface area (Å²) in [4.78, 5) is 29.4. The van der Waals surface area contributed by atoms with Crippen molar-refractivity contribution in [1.29, 1.82) is 0 Å². The van der Waals surface area contributed by atoms with E-state index in [4.69, 9.17) is 4.74 Å². The predicted molar refractivity (Wildman–Crippen MR) is 80.8 cm³/mol. The molecule has 2 heterocycles. The molecule has 1 aromatic carbocycles. The van der Waals surface area contributed by atoms with Crippen LogP contribution in [0.5, 0.6) is 5.75 Å². The van der Waals surface area contributed by atoms with Crippen molar-refractivity contribution in [2.45, 2.75) is 6.54 Å². The molecule has 112 valence electrons. The lowest BCUT2D eigenvalue weighted by molar-refractivity contribution is -0.121. The summed E-state index contributed by atoms with van der Waals surface area (Å²) in [5, 5.41) is 2.84. The number of anilines is 1. The maximum atomic E-state index is 12.4. The van der Waals surface area contributed by atoms with Gasteiger partial charge in [0.2, 0.25) is 0 Å². The smallest absolute Gasteiger partial charge is 0.264 e. The number of carbonyl (C=O) groups is 2. The number of ether oxygens (including phenoxy) is 1. The summed E-state index contributed by atoms with van der Waals surface area (Å²) in [6.45, 7) is 0.345. The Hall–Kier alpha value is -2.89. The van der Waals surface area contributed by atoms with Crippen molar-refractivity contribution >= 4 is 17.5 Å². The van der Waals surface area contributed by atoms with Gasteiger partial charge in [0.05, 0.1) is 11.3 Å². The number of pyridine rings is 1. The molecule has 1 N–H and O–H groups in total. The number of amides is 2. The second-order valence-electron chi connectivity index (χ2n) is 4.93. The van der Waals surface area contributed by atoms with Crippen LogP contribution in [0, 0.1) is 0 Å². The minimum atomic E-state index is -0.239. The van der Waals surface area contributed by atoms with Crippen molar-refractivity contribution < 1.29 is 14.3 Å². The minimum absolute atomic E-state index is 0.0574. The van der Waals surface area contributed by atoms with Gasteiger partial charge in [0.1, 0.15) is 0 Å². The van der Waals surface area contributed by atoms with E-state index in [0.717, 1.165) is 5.56 Å². The molecule has 0 fully saturated rings. The van der Waals surface area contributed by atoms with Crippen LogP contribution in [0.4, 0.5) is 5.69 Å². The highest BCUT2D eigenvalue weighted by Crippen LogP contribution is 2.34. The first-order valence-electron chi connectivity index (χ1n) is 6.86. The fourth-order valence-corrected chi connectivity index (χ4v) is 2.26. The van der Waals surface area contributed by atoms with E-state index < -0.39 is 0 Å². The van der Waals surface area contributed by atoms with E-state index in [9.17, 15) is 9.59 Å². The average Bonchev–Trinajstić information content (AvgIpc) is 2.56. The molecule has 0 aliphatic carbocycles. The topological polar surface area (TPSA) is 71.5 Å². The lowest BCUT2D eigenvalue weighted by atomic mass is 10.1. The van der Waals surface area contributed by atoms with Gasteiger partial charge in [0.25, 0.3) is 11.8 Å². The van der Waals surface area contributed by atoms with Gasteiger partial charge in [-0.15, -0.1) is 0 Å². The molecular weight excluding hydrogens is 282 g/mol. The van der Waals surface area contributed by atoms with Crippen LogP contribution in [0.1, 0.15) is 15.9 Å². The predicted octanol–water partition coefficient (Wildman–Crippen LogP) is 1.37. The Morgan fingerprint density at radius 3 is 2.86 bits per heavy atom. The van der Waals surface area contributed by atoms with Crippen LogP contribution < -0.4 is 15.0 Å². The van der Waals surface area contributed by atoms with Gasteiger partial charge in [-0.25, -0.2) is 0 Å². The van der Waals surface area contributed by atoms with E-state index in [1.807, 2.05) is 12.1 Å². The Labute approximate surface area is 127 Å². The molecule has 0 radical (unpaired) electrons. The summed E-state index contributed by atoms with van der Waals surface area (Å²) in [6, 6.07) is 8.85. The first-order valence-corrected chi connectivity index (χ1v) is 6.86. The van der Waals surface area contributed by atoms with Crippen molar-refractivity contribution in [2.75, 3.05) is 18.6 Å². The van der Waals surface area contributed by atoms with Crippen molar-refractivity contribution in [3.05, 3.63) is 53.9 Å². The van der Waals surface area contributed by atoms with Crippen molar-refractivity contribution in [3.63, 3.8) is 0 Å². The minimum Gasteiger partial charge on any atom is -0.481 e. The van der Waals surface area contributed by atoms with E-state index in [1.165, 1.54) is 4.90 Å². The fourth-order valence-electron chi connectivity index (χ4n) is 2.26. The van der Waals surface area contributed by atoms with E-state index >= 15 is 0 Å². The quantitative estimate of drug-likeness (QED) is 0.928. The molecule has 1 aromatic heterocycles. The molecule has 22 heavy (non-hydrogen) atoms. The molecule has 1 aliphatic heterocycles. The van der Waals surface area contributed by atoms with Crippen LogP contribution in [0.15, 0.2) is 42.7 Å². The Morgan fingerprint density at radius 2 is 2.09 bits per heavy atom. The Balaban J connectivity index is 1.80. The number of benzene rings is 1. The zero-order valence-corrected chi connectivity index (χ0v) is 12.1. The number of fused-ring (bicyclic) bond motifs is 1. The van der Waals surface area contributed by atoms with E-state index in [1.54, 1.807) is 37.6 Å². The van der Waals surface area contributed by atoms with Crippen molar-refractivity contribution in [2.24, 2.45) is 0 Å². The third kappa shape index (κ3) is 2.63. The molecule has 0 spiro atoms. The number of likely N-dealkylation sites (N-methyl/N-ethyl adjacent to an activating group) is 1. The highest BCUT2D eigenvalue weighted by molar-refractivity contribution is 6.03. The number of carbonyl (C=O) groups excluding carboxylic acids is 2. The highest BCUT2D eigenvalue weighted by atomic mass is 16.5. The van der Waals surface area contributed by atoms with Gasteiger partial charge < -0.3 is 15.0 Å². The Morgan fingerprint density at radius 1 is 1.32 bits per heavy atom. The number of nitrogens with zero attached hydrogens (tertiary/aromatic N) is 2. The van der Waals surface area contributed by atoms with Crippen LogP contribution >= 0.6 is 0 Å². The average molecular weight is 297 g/mol. The molecule has 6 nitrogen and oxygen atoms in total. The molecule has 0 saturated carbocycles. The van der Waals surface area contributed by atoms with Gasteiger partial charge >= 0.3 is 0 Å². The molecule has 0 atom stereocenters. The lowest BCUT2D eigenvalue weighted by Gasteiger charge is -2.27. The van der Waals surface area contributed by atoms with E-state index in [2.05, 4.69) is 10.3 Å². The summed E-state index contributed by atoms with van der Waals surface area (Å²) in [6.07, 6.45) is 3.35. The molecule has 1 aliphatic rings. The van der Waals surface area contributed by atoms with Gasteiger partial charge in [-0.3, -0.25) is 14.6 Å². The van der Waals surface area contributed by atoms with Gasteiger partial charge in [-0.1, -0.05) is 6.07 Å². The number of para-hydroxylation sites is 1. The third-order valence-corrected chi connectivity index (χ3v) is 3.52. The first-order chi connectivity index (χ1) is 10.7. The second-order valence-corrected chi connectivity index (χ2v) is 4.93. The van der Waals surface area contributed by atoms with E-state index in [0.29, 0.717) is 23.5 Å². The van der Waals surface area contributed by atoms with Crippen LogP contribution in [0.2, 0.25) is 0 Å². The largest absolute Gasteiger partial charge is 0.481 e. The monoisotopic (exact) mass is 297 g/mol. The zero-order valence-electron chi connectivity index (χ0n) is 12.1. The summed E-state index contributed by atoms with van der Waals surface area (Å²) in [5.41, 5.74) is 1.99. The Kier molecular flexibility index (Phi) is 3.74. The lowest BCUT2D eigenvalue weighted by Crippen LogP contribution is -2.36. The number of nitrogens with one attached hydrogen (secondary N) is 1. The molecule has 2 aromatic rings. The zero-order chi connectivity index (χ0) is 15.5. The van der Waals surface area contributed by atoms with Crippen molar-refractivity contribution in [1.82, 2.24) is 10.3 Å². The maximum absolute atomic E-state index is 12.4. The summed E-state index contributed by atoms with van der Waals surface area (Å²) in [5.74, 6) is 0.0649. The summed E-state index contributed by atoms with van der Waals surface area (Å²) in [7, 11) is 1.67. The van der Waals surface area contributed by atoms with Crippen LogP contribution in [0.25, 0.3) is 0 Å². The summed E-state index contributed by atoms with van der Waals surface area (Å²) < 4.78 is 5.45. The second kappa shape index (κ2) is 5.85. The van der Waals surface area contributed by atoms with E-state index in [-0.39, 0.29) is 18.4 Å². The molecule has 6 heteroatoms. The standard InChI is InChI=1S/C16H15N3O3/c1-19-13-4-2-3-12(15(13)22-10-14(19)20)16(21)18-9-11-5-7-17-8-6-11/h2-8H,9-10H2,1H3,(H,18,21). The number of hydrogen-bond donors (Lipinski definition) is 1. The molecule has 0 unspecified atom stereocenters. The third-order valence-electron chi connectivity index (χ3n) is 3.52. The number of rotatable bonds is 3. The molecule has 3 rings (SSSR count). The number of hydrogen-bond acceptors (Lipinski definition) is 4. The first kappa shape index (κ1) is 14.1. The molecule has 0 saturated heterocycles. The SMILES string of the molecule is CN1C(=O)COc2c(C(=O)NCc3ccncc3)cccc21. The molecule has 2 amide bonds. The normalized spacial score (nSPS) is 13.3.